The molecule has 1 aliphatic heterocycles. The lowest BCUT2D eigenvalue weighted by Crippen LogP contribution is -2.37. The number of furan rings is 1. The maximum Gasteiger partial charge on any atom is 0.433 e. The van der Waals surface area contributed by atoms with Crippen LogP contribution in [0, 0.1) is 0 Å². The number of hydrogen-bond donors (Lipinski definition) is 1. The molecule has 9 heteroatoms. The Balaban J connectivity index is 2.09. The van der Waals surface area contributed by atoms with Crippen LogP contribution in [0.5, 0.6) is 0 Å². The van der Waals surface area contributed by atoms with Crippen molar-refractivity contribution in [3.8, 4) is 11.5 Å². The number of hydrogen-bond acceptors (Lipinski definition) is 5. The molecule has 6 nitrogen and oxygen atoms in total. The highest BCUT2D eigenvalue weighted by Crippen LogP contribution is 2.33. The van der Waals surface area contributed by atoms with Crippen LogP contribution in [-0.4, -0.2) is 33.6 Å². The summed E-state index contributed by atoms with van der Waals surface area (Å²) >= 11 is 0. The summed E-state index contributed by atoms with van der Waals surface area (Å²) in [5.74, 6) is -1.20. The molecule has 0 bridgehead atoms. The summed E-state index contributed by atoms with van der Waals surface area (Å²) in [6.45, 7) is 0.288. The van der Waals surface area contributed by atoms with Crippen molar-refractivity contribution in [1.82, 2.24) is 9.97 Å². The topological polar surface area (TPSA) is 79.5 Å². The van der Waals surface area contributed by atoms with Gasteiger partial charge in [0.2, 0.25) is 5.95 Å². The molecular formula is C14H12F3N3O3. The average Bonchev–Trinajstić information content (AvgIpc) is 3.17. The van der Waals surface area contributed by atoms with Crippen LogP contribution in [-0.2, 0) is 11.0 Å². The fraction of sp³-hybridized carbons (Fsp3) is 0.357. The molecule has 3 rings (SSSR count). The van der Waals surface area contributed by atoms with Gasteiger partial charge in [-0.2, -0.15) is 13.2 Å². The van der Waals surface area contributed by atoms with Gasteiger partial charge in [-0.25, -0.2) is 14.8 Å². The smallest absolute Gasteiger partial charge is 0.433 e. The second kappa shape index (κ2) is 5.56. The van der Waals surface area contributed by atoms with Crippen LogP contribution in [0.3, 0.4) is 0 Å². The molecule has 0 aromatic carbocycles. The molecule has 2 aromatic heterocycles. The molecule has 0 saturated carbocycles. The van der Waals surface area contributed by atoms with E-state index < -0.39 is 23.9 Å². The summed E-state index contributed by atoms with van der Waals surface area (Å²) < 4.78 is 44.3. The highest BCUT2D eigenvalue weighted by atomic mass is 19.4. The highest BCUT2D eigenvalue weighted by Gasteiger charge is 2.37. The fourth-order valence-electron chi connectivity index (χ4n) is 2.52. The van der Waals surface area contributed by atoms with Crippen molar-refractivity contribution in [1.29, 1.82) is 0 Å². The summed E-state index contributed by atoms with van der Waals surface area (Å²) in [4.78, 5) is 20.1. The lowest BCUT2D eigenvalue weighted by atomic mass is 10.2. The van der Waals surface area contributed by atoms with Crippen LogP contribution in [0.4, 0.5) is 19.1 Å². The number of carboxylic acid groups (broad SMARTS) is 1. The number of alkyl halides is 3. The number of nitrogens with zero attached hydrogens (tertiary/aromatic N) is 3. The number of rotatable bonds is 3. The van der Waals surface area contributed by atoms with Crippen LogP contribution in [0.15, 0.2) is 28.9 Å². The van der Waals surface area contributed by atoms with E-state index in [0.717, 1.165) is 6.07 Å². The van der Waals surface area contributed by atoms with Crippen LogP contribution >= 0.6 is 0 Å². The zero-order chi connectivity index (χ0) is 16.6. The van der Waals surface area contributed by atoms with Crippen LogP contribution < -0.4 is 4.90 Å². The molecule has 1 saturated heterocycles. The molecule has 0 amide bonds. The zero-order valence-corrected chi connectivity index (χ0v) is 11.7. The van der Waals surface area contributed by atoms with Crippen molar-refractivity contribution in [3.05, 3.63) is 30.2 Å². The van der Waals surface area contributed by atoms with E-state index >= 15 is 0 Å². The normalized spacial score (nSPS) is 18.4. The van der Waals surface area contributed by atoms with Gasteiger partial charge in [-0.3, -0.25) is 0 Å². The summed E-state index contributed by atoms with van der Waals surface area (Å²) in [6, 6.07) is 2.86. The lowest BCUT2D eigenvalue weighted by molar-refractivity contribution is -0.141. The molecule has 1 aliphatic rings. The molecule has 0 radical (unpaired) electrons. The Morgan fingerprint density at radius 3 is 2.78 bits per heavy atom. The molecule has 0 unspecified atom stereocenters. The van der Waals surface area contributed by atoms with Gasteiger partial charge in [0.05, 0.1) is 6.26 Å². The average molecular weight is 327 g/mol. The third-order valence-corrected chi connectivity index (χ3v) is 3.57. The van der Waals surface area contributed by atoms with Crippen molar-refractivity contribution in [3.63, 3.8) is 0 Å². The van der Waals surface area contributed by atoms with Crippen molar-refractivity contribution in [2.45, 2.75) is 25.1 Å². The molecule has 1 fully saturated rings. The van der Waals surface area contributed by atoms with E-state index in [-0.39, 0.29) is 23.9 Å². The summed E-state index contributed by atoms with van der Waals surface area (Å²) in [5.41, 5.74) is -1.17. The van der Waals surface area contributed by atoms with E-state index in [1.807, 2.05) is 0 Å². The van der Waals surface area contributed by atoms with Crippen LogP contribution in [0.25, 0.3) is 11.5 Å². The first-order valence-electron chi connectivity index (χ1n) is 6.86. The number of aromatic nitrogens is 2. The maximum absolute atomic E-state index is 13.1. The standard InChI is InChI=1S/C14H12F3N3O3/c15-14(16,17)11-7-8(10-4-2-6-23-10)18-13(19-11)20-5-1-3-9(20)12(21)22/h2,4,6-7,9H,1,3,5H2,(H,21,22)/t9-/m0/s1. The minimum atomic E-state index is -4.67. The van der Waals surface area contributed by atoms with E-state index in [4.69, 9.17) is 4.42 Å². The summed E-state index contributed by atoms with van der Waals surface area (Å²) in [5, 5.41) is 9.19. The van der Waals surface area contributed by atoms with Gasteiger partial charge in [0.15, 0.2) is 11.5 Å². The van der Waals surface area contributed by atoms with Gasteiger partial charge in [-0.15, -0.1) is 0 Å². The summed E-state index contributed by atoms with van der Waals surface area (Å²) in [7, 11) is 0. The fourth-order valence-corrected chi connectivity index (χ4v) is 2.52. The van der Waals surface area contributed by atoms with E-state index in [9.17, 15) is 23.1 Å². The van der Waals surface area contributed by atoms with Crippen molar-refractivity contribution < 1.29 is 27.5 Å². The van der Waals surface area contributed by atoms with Crippen LogP contribution in [0.1, 0.15) is 18.5 Å². The van der Waals surface area contributed by atoms with Gasteiger partial charge in [-0.05, 0) is 31.0 Å². The molecule has 1 atom stereocenters. The molecule has 3 heterocycles. The van der Waals surface area contributed by atoms with Gasteiger partial charge >= 0.3 is 12.1 Å². The Hall–Kier alpha value is -2.58. The summed E-state index contributed by atoms with van der Waals surface area (Å²) in [6.07, 6.45) is -2.46. The molecule has 1 N–H and O–H groups in total. The van der Waals surface area contributed by atoms with Gasteiger partial charge in [-0.1, -0.05) is 0 Å². The van der Waals surface area contributed by atoms with Crippen molar-refractivity contribution in [2.24, 2.45) is 0 Å². The first kappa shape index (κ1) is 15.3. The first-order chi connectivity index (χ1) is 10.9. The second-order valence-electron chi connectivity index (χ2n) is 5.10. The Morgan fingerprint density at radius 2 is 2.17 bits per heavy atom. The quantitative estimate of drug-likeness (QED) is 0.934. The van der Waals surface area contributed by atoms with Gasteiger partial charge < -0.3 is 14.4 Å². The minimum Gasteiger partial charge on any atom is -0.480 e. The molecule has 0 spiro atoms. The van der Waals surface area contributed by atoms with E-state index in [2.05, 4.69) is 9.97 Å². The minimum absolute atomic E-state index is 0.0386. The van der Waals surface area contributed by atoms with Gasteiger partial charge in [0.25, 0.3) is 0 Å². The van der Waals surface area contributed by atoms with E-state index in [1.54, 1.807) is 0 Å². The number of anilines is 1. The first-order valence-corrected chi connectivity index (χ1v) is 6.86. The monoisotopic (exact) mass is 327 g/mol. The molecule has 0 aliphatic carbocycles. The van der Waals surface area contributed by atoms with Crippen molar-refractivity contribution >= 4 is 11.9 Å². The second-order valence-corrected chi connectivity index (χ2v) is 5.10. The van der Waals surface area contributed by atoms with Gasteiger partial charge in [0.1, 0.15) is 11.7 Å². The predicted octanol–water partition coefficient (Wildman–Crippen LogP) is 2.81. The Kier molecular flexibility index (Phi) is 3.70. The number of carbonyl (C=O) groups is 1. The van der Waals surface area contributed by atoms with Crippen LogP contribution in [0.2, 0.25) is 0 Å². The predicted molar refractivity (Wildman–Crippen MR) is 72.7 cm³/mol. The SMILES string of the molecule is O=C(O)[C@@H]1CCCN1c1nc(-c2ccco2)cc(C(F)(F)F)n1. The third-order valence-electron chi connectivity index (χ3n) is 3.57. The zero-order valence-electron chi connectivity index (χ0n) is 11.7. The van der Waals surface area contributed by atoms with Crippen molar-refractivity contribution in [2.75, 3.05) is 11.4 Å². The highest BCUT2D eigenvalue weighted by molar-refractivity contribution is 5.78. The molecule has 2 aromatic rings. The lowest BCUT2D eigenvalue weighted by Gasteiger charge is -2.22. The molecule has 122 valence electrons. The third kappa shape index (κ3) is 2.99. The number of aliphatic carboxylic acids is 1. The number of halogens is 3. The molecule has 23 heavy (non-hydrogen) atoms. The maximum atomic E-state index is 13.1. The Bertz CT molecular complexity index is 716. The van der Waals surface area contributed by atoms with E-state index in [0.29, 0.717) is 12.8 Å². The van der Waals surface area contributed by atoms with E-state index in [1.165, 1.54) is 23.3 Å². The van der Waals surface area contributed by atoms with Gasteiger partial charge in [0, 0.05) is 6.54 Å². The Morgan fingerprint density at radius 1 is 1.39 bits per heavy atom. The number of carboxylic acids is 1. The largest absolute Gasteiger partial charge is 0.480 e. The molecular weight excluding hydrogens is 315 g/mol. The Labute approximate surface area is 128 Å².